The Hall–Kier alpha value is -0.570. The first-order valence-corrected chi connectivity index (χ1v) is 7.59. The molecule has 0 spiro atoms. The first kappa shape index (κ1) is 13.9. The molecule has 1 N–H and O–H groups in total. The maximum atomic E-state index is 11.1. The van der Waals surface area contributed by atoms with E-state index in [1.807, 2.05) is 0 Å². The minimum absolute atomic E-state index is 0.219. The van der Waals surface area contributed by atoms with Crippen molar-refractivity contribution in [1.29, 1.82) is 0 Å². The molecule has 0 amide bonds. The minimum atomic E-state index is -0.677. The van der Waals surface area contributed by atoms with E-state index in [0.717, 1.165) is 18.3 Å². The summed E-state index contributed by atoms with van der Waals surface area (Å²) in [6.07, 6.45) is 8.97. The monoisotopic (exact) mass is 253 g/mol. The molecule has 2 fully saturated rings. The zero-order valence-electron chi connectivity index (χ0n) is 11.8. The highest BCUT2D eigenvalue weighted by atomic mass is 16.4. The molecule has 2 saturated carbocycles. The summed E-state index contributed by atoms with van der Waals surface area (Å²) in [4.78, 5) is 13.3. The Balaban J connectivity index is 1.96. The molecule has 3 atom stereocenters. The van der Waals surface area contributed by atoms with Gasteiger partial charge in [-0.2, -0.15) is 0 Å². The molecule has 0 saturated heterocycles. The van der Waals surface area contributed by atoms with E-state index < -0.39 is 5.97 Å². The highest BCUT2D eigenvalue weighted by molar-refractivity contribution is 5.69. The smallest absolute Gasteiger partial charge is 0.317 e. The van der Waals surface area contributed by atoms with E-state index in [2.05, 4.69) is 18.7 Å². The number of carbonyl (C=O) groups is 1. The Morgan fingerprint density at radius 1 is 1.28 bits per heavy atom. The third-order valence-corrected chi connectivity index (χ3v) is 4.92. The van der Waals surface area contributed by atoms with E-state index in [1.54, 1.807) is 0 Å². The number of carboxylic acid groups (broad SMARTS) is 1. The standard InChI is InChI=1S/C15H27NO2/c1-3-11(2)16(10-15(17)18)14-6-4-5-13(9-14)12-7-8-12/h11-14H,3-10H2,1-2H3,(H,17,18). The maximum Gasteiger partial charge on any atom is 0.317 e. The zero-order valence-corrected chi connectivity index (χ0v) is 11.8. The number of hydrogen-bond donors (Lipinski definition) is 1. The molecule has 0 heterocycles. The van der Waals surface area contributed by atoms with Crippen LogP contribution in [0, 0.1) is 11.8 Å². The predicted octanol–water partition coefficient (Wildman–Crippen LogP) is 3.14. The molecular weight excluding hydrogens is 226 g/mol. The Labute approximate surface area is 111 Å². The molecule has 0 aliphatic heterocycles. The Morgan fingerprint density at radius 3 is 2.56 bits per heavy atom. The second-order valence-corrected chi connectivity index (χ2v) is 6.24. The van der Waals surface area contributed by atoms with Crippen molar-refractivity contribution in [3.63, 3.8) is 0 Å². The van der Waals surface area contributed by atoms with E-state index in [4.69, 9.17) is 5.11 Å². The van der Waals surface area contributed by atoms with Crippen LogP contribution in [0.5, 0.6) is 0 Å². The Bertz CT molecular complexity index is 288. The molecule has 18 heavy (non-hydrogen) atoms. The molecule has 104 valence electrons. The van der Waals surface area contributed by atoms with Crippen LogP contribution in [0.4, 0.5) is 0 Å². The molecule has 0 radical (unpaired) electrons. The molecule has 2 aliphatic carbocycles. The first-order valence-electron chi connectivity index (χ1n) is 7.59. The molecule has 0 aromatic rings. The van der Waals surface area contributed by atoms with Crippen molar-refractivity contribution < 1.29 is 9.90 Å². The molecule has 2 aliphatic rings. The van der Waals surface area contributed by atoms with E-state index in [0.29, 0.717) is 12.1 Å². The van der Waals surface area contributed by atoms with Crippen LogP contribution < -0.4 is 0 Å². The molecule has 0 aromatic heterocycles. The number of carboxylic acids is 1. The third kappa shape index (κ3) is 3.47. The molecule has 3 heteroatoms. The summed E-state index contributed by atoms with van der Waals surface area (Å²) in [6, 6.07) is 0.902. The van der Waals surface area contributed by atoms with Gasteiger partial charge in [0.2, 0.25) is 0 Å². The van der Waals surface area contributed by atoms with E-state index in [-0.39, 0.29) is 6.54 Å². The lowest BCUT2D eigenvalue weighted by Crippen LogP contribution is -2.46. The first-order chi connectivity index (χ1) is 8.61. The van der Waals surface area contributed by atoms with Crippen molar-refractivity contribution in [2.75, 3.05) is 6.54 Å². The second-order valence-electron chi connectivity index (χ2n) is 6.24. The zero-order chi connectivity index (χ0) is 13.1. The molecular formula is C15H27NO2. The van der Waals surface area contributed by atoms with Crippen molar-refractivity contribution in [2.45, 2.75) is 70.9 Å². The lowest BCUT2D eigenvalue weighted by molar-refractivity contribution is -0.140. The van der Waals surface area contributed by atoms with Gasteiger partial charge in [-0.25, -0.2) is 0 Å². The fraction of sp³-hybridized carbons (Fsp3) is 0.933. The van der Waals surface area contributed by atoms with Gasteiger partial charge in [-0.15, -0.1) is 0 Å². The van der Waals surface area contributed by atoms with Crippen molar-refractivity contribution in [1.82, 2.24) is 4.90 Å². The van der Waals surface area contributed by atoms with Gasteiger partial charge in [0.25, 0.3) is 0 Å². The predicted molar refractivity (Wildman–Crippen MR) is 72.6 cm³/mol. The molecule has 3 unspecified atom stereocenters. The highest BCUT2D eigenvalue weighted by Gasteiger charge is 2.37. The van der Waals surface area contributed by atoms with Crippen LogP contribution in [0.25, 0.3) is 0 Å². The van der Waals surface area contributed by atoms with Crippen LogP contribution in [-0.4, -0.2) is 34.6 Å². The molecule has 2 rings (SSSR count). The Kier molecular flexibility index (Phi) is 4.66. The lowest BCUT2D eigenvalue weighted by atomic mass is 9.81. The van der Waals surface area contributed by atoms with Gasteiger partial charge in [0.1, 0.15) is 0 Å². The van der Waals surface area contributed by atoms with Gasteiger partial charge in [0, 0.05) is 12.1 Å². The van der Waals surface area contributed by atoms with Crippen LogP contribution in [0.1, 0.15) is 58.8 Å². The van der Waals surface area contributed by atoms with Crippen LogP contribution in [0.2, 0.25) is 0 Å². The van der Waals surface area contributed by atoms with Gasteiger partial charge < -0.3 is 5.11 Å². The van der Waals surface area contributed by atoms with Crippen molar-refractivity contribution in [3.8, 4) is 0 Å². The second kappa shape index (κ2) is 6.05. The molecule has 0 bridgehead atoms. The fourth-order valence-corrected chi connectivity index (χ4v) is 3.53. The molecule has 3 nitrogen and oxygen atoms in total. The lowest BCUT2D eigenvalue weighted by Gasteiger charge is -2.40. The van der Waals surface area contributed by atoms with E-state index in [1.165, 1.54) is 38.5 Å². The third-order valence-electron chi connectivity index (χ3n) is 4.92. The summed E-state index contributed by atoms with van der Waals surface area (Å²) in [5.74, 6) is 1.17. The molecule has 0 aromatic carbocycles. The van der Waals surface area contributed by atoms with Gasteiger partial charge in [-0.05, 0) is 50.9 Å². The number of rotatable bonds is 6. The van der Waals surface area contributed by atoms with Crippen LogP contribution in [0.15, 0.2) is 0 Å². The van der Waals surface area contributed by atoms with Crippen LogP contribution >= 0.6 is 0 Å². The largest absolute Gasteiger partial charge is 0.480 e. The average Bonchev–Trinajstić information content (AvgIpc) is 3.19. The van der Waals surface area contributed by atoms with Crippen molar-refractivity contribution in [3.05, 3.63) is 0 Å². The fourth-order valence-electron chi connectivity index (χ4n) is 3.53. The summed E-state index contributed by atoms with van der Waals surface area (Å²) in [5.41, 5.74) is 0. The maximum absolute atomic E-state index is 11.1. The topological polar surface area (TPSA) is 40.5 Å². The van der Waals surface area contributed by atoms with Crippen molar-refractivity contribution in [2.24, 2.45) is 11.8 Å². The summed E-state index contributed by atoms with van der Waals surface area (Å²) < 4.78 is 0. The van der Waals surface area contributed by atoms with Crippen LogP contribution in [-0.2, 0) is 4.79 Å². The number of aliphatic carboxylic acids is 1. The number of nitrogens with zero attached hydrogens (tertiary/aromatic N) is 1. The average molecular weight is 253 g/mol. The van der Waals surface area contributed by atoms with Crippen LogP contribution in [0.3, 0.4) is 0 Å². The van der Waals surface area contributed by atoms with Gasteiger partial charge >= 0.3 is 5.97 Å². The van der Waals surface area contributed by atoms with E-state index >= 15 is 0 Å². The van der Waals surface area contributed by atoms with E-state index in [9.17, 15) is 4.79 Å². The van der Waals surface area contributed by atoms with Gasteiger partial charge in [-0.1, -0.05) is 19.8 Å². The highest BCUT2D eigenvalue weighted by Crippen LogP contribution is 2.44. The Morgan fingerprint density at radius 2 is 2.00 bits per heavy atom. The summed E-state index contributed by atoms with van der Waals surface area (Å²) >= 11 is 0. The van der Waals surface area contributed by atoms with Gasteiger partial charge in [0.15, 0.2) is 0 Å². The normalized spacial score (nSPS) is 30.4. The quantitative estimate of drug-likeness (QED) is 0.790. The minimum Gasteiger partial charge on any atom is -0.480 e. The SMILES string of the molecule is CCC(C)N(CC(=O)O)C1CCCC(C2CC2)C1. The summed E-state index contributed by atoms with van der Waals surface area (Å²) in [6.45, 7) is 4.54. The van der Waals surface area contributed by atoms with Gasteiger partial charge in [0.05, 0.1) is 6.54 Å². The summed E-state index contributed by atoms with van der Waals surface area (Å²) in [5, 5.41) is 9.10. The summed E-state index contributed by atoms with van der Waals surface area (Å²) in [7, 11) is 0. The van der Waals surface area contributed by atoms with Crippen molar-refractivity contribution >= 4 is 5.97 Å². The number of hydrogen-bond acceptors (Lipinski definition) is 2. The van der Waals surface area contributed by atoms with Gasteiger partial charge in [-0.3, -0.25) is 9.69 Å².